The molecule has 3 heterocycles. The van der Waals surface area contributed by atoms with Gasteiger partial charge in [-0.2, -0.15) is 0 Å². The first-order valence-corrected chi connectivity index (χ1v) is 25.4. The van der Waals surface area contributed by atoms with Gasteiger partial charge < -0.3 is 14.5 Å². The molecule has 0 radical (unpaired) electrons. The van der Waals surface area contributed by atoms with Gasteiger partial charge in [-0.1, -0.05) is 181 Å². The second-order valence-corrected chi connectivity index (χ2v) is 24.0. The van der Waals surface area contributed by atoms with Crippen molar-refractivity contribution in [1.29, 1.82) is 0 Å². The number of ether oxygens (including phenoxy) is 1. The van der Waals surface area contributed by atoms with Gasteiger partial charge in [0.25, 0.3) is 0 Å². The summed E-state index contributed by atoms with van der Waals surface area (Å²) in [5.41, 5.74) is 15.0. The third-order valence-corrected chi connectivity index (χ3v) is 15.2. The zero-order chi connectivity index (χ0) is 50.3. The van der Waals surface area contributed by atoms with Gasteiger partial charge in [0.05, 0.1) is 22.4 Å². The minimum absolute atomic E-state index is 0.0187. The van der Waals surface area contributed by atoms with Crippen LogP contribution < -0.4 is 14.5 Å². The Morgan fingerprint density at radius 2 is 0.930 bits per heavy atom. The second kappa shape index (κ2) is 17.3. The second-order valence-electron chi connectivity index (χ2n) is 24.0. The molecule has 1 aliphatic rings. The van der Waals surface area contributed by atoms with E-state index in [2.05, 4.69) is 274 Å². The van der Waals surface area contributed by atoms with Crippen LogP contribution in [-0.4, -0.2) is 16.2 Å². The molecule has 2 aromatic heterocycles. The molecule has 1 aliphatic heterocycles. The molecule has 9 aromatic rings. The van der Waals surface area contributed by atoms with E-state index in [4.69, 9.17) is 9.72 Å². The number of hydrogen-bond donors (Lipinski definition) is 0. The van der Waals surface area contributed by atoms with Gasteiger partial charge in [-0.3, -0.25) is 4.57 Å². The van der Waals surface area contributed by atoms with Crippen molar-refractivity contribution in [2.75, 3.05) is 16.5 Å². The van der Waals surface area contributed by atoms with Crippen LogP contribution in [0.15, 0.2) is 176 Å². The first-order valence-electron chi connectivity index (χ1n) is 25.4. The molecule has 0 bridgehead atoms. The minimum atomic E-state index is -0.339. The predicted molar refractivity (Wildman–Crippen MR) is 300 cm³/mol. The maximum Gasteiger partial charge on any atom is 0.137 e. The van der Waals surface area contributed by atoms with E-state index >= 15 is 0 Å². The van der Waals surface area contributed by atoms with Crippen molar-refractivity contribution in [3.05, 3.63) is 215 Å². The topological polar surface area (TPSA) is 33.5 Å². The molecule has 0 N–H and O–H groups in total. The van der Waals surface area contributed by atoms with Crippen LogP contribution in [0.5, 0.6) is 11.5 Å². The Morgan fingerprint density at radius 1 is 0.380 bits per heavy atom. The lowest BCUT2D eigenvalue weighted by atomic mass is 9.78. The fourth-order valence-electron chi connectivity index (χ4n) is 10.3. The largest absolute Gasteiger partial charge is 0.457 e. The molecule has 71 heavy (non-hydrogen) atoms. The van der Waals surface area contributed by atoms with E-state index in [1.807, 2.05) is 6.20 Å². The Hall–Kier alpha value is -7.11. The summed E-state index contributed by atoms with van der Waals surface area (Å²) in [6, 6.07) is 62.3. The third kappa shape index (κ3) is 8.90. The van der Waals surface area contributed by atoms with Crippen LogP contribution in [-0.2, 0) is 27.1 Å². The first-order chi connectivity index (χ1) is 33.6. The minimum Gasteiger partial charge on any atom is -0.457 e. The number of rotatable bonds is 9. The zero-order valence-electron chi connectivity index (χ0n) is 44.1. The number of aromatic nitrogens is 2. The molecule has 0 saturated heterocycles. The molecule has 5 heteroatoms. The summed E-state index contributed by atoms with van der Waals surface area (Å²) in [6.45, 7) is 30.7. The number of anilines is 4. The van der Waals surface area contributed by atoms with Crippen molar-refractivity contribution in [3.63, 3.8) is 0 Å². The number of benzene rings is 7. The highest BCUT2D eigenvalue weighted by Gasteiger charge is 2.34. The van der Waals surface area contributed by atoms with Crippen LogP contribution in [0, 0.1) is 0 Å². The smallest absolute Gasteiger partial charge is 0.137 e. The van der Waals surface area contributed by atoms with E-state index in [9.17, 15) is 0 Å². The summed E-state index contributed by atoms with van der Waals surface area (Å²) < 4.78 is 9.49. The quantitative estimate of drug-likeness (QED) is 0.144. The molecule has 0 spiro atoms. The predicted octanol–water partition coefficient (Wildman–Crippen LogP) is 17.8. The molecule has 360 valence electrons. The van der Waals surface area contributed by atoms with Crippen LogP contribution in [0.25, 0.3) is 27.6 Å². The number of hydrogen-bond acceptors (Lipinski definition) is 4. The van der Waals surface area contributed by atoms with Crippen molar-refractivity contribution >= 4 is 44.6 Å². The third-order valence-electron chi connectivity index (χ3n) is 15.2. The molecular formula is C66H70N4O. The Labute approximate surface area is 422 Å². The van der Waals surface area contributed by atoms with Crippen molar-refractivity contribution in [2.45, 2.75) is 117 Å². The van der Waals surface area contributed by atoms with Crippen LogP contribution in [0.4, 0.5) is 22.7 Å². The van der Waals surface area contributed by atoms with Gasteiger partial charge in [-0.25, -0.2) is 4.98 Å². The highest BCUT2D eigenvalue weighted by molar-refractivity contribution is 6.09. The Bertz CT molecular complexity index is 3400. The Balaban J connectivity index is 1.12. The van der Waals surface area contributed by atoms with Gasteiger partial charge in [0.2, 0.25) is 0 Å². The first kappa shape index (κ1) is 47.6. The van der Waals surface area contributed by atoms with E-state index < -0.39 is 0 Å². The number of pyridine rings is 1. The maximum atomic E-state index is 7.19. The average molecular weight is 935 g/mol. The molecule has 7 aromatic carbocycles. The molecule has 0 amide bonds. The van der Waals surface area contributed by atoms with Crippen molar-refractivity contribution in [2.24, 2.45) is 0 Å². The highest BCUT2D eigenvalue weighted by Crippen LogP contribution is 2.49. The van der Waals surface area contributed by atoms with Crippen molar-refractivity contribution in [3.8, 4) is 17.3 Å². The molecule has 0 atom stereocenters. The fraction of sp³-hybridized carbons (Fsp3) is 0.288. The summed E-state index contributed by atoms with van der Waals surface area (Å²) in [5, 5.41) is 2.32. The summed E-state index contributed by atoms with van der Waals surface area (Å²) in [7, 11) is 0. The van der Waals surface area contributed by atoms with Crippen molar-refractivity contribution in [1.82, 2.24) is 9.55 Å². The normalized spacial score (nSPS) is 13.6. The summed E-state index contributed by atoms with van der Waals surface area (Å²) in [4.78, 5) is 10.1. The number of para-hydroxylation sites is 1. The van der Waals surface area contributed by atoms with E-state index in [0.29, 0.717) is 6.67 Å². The van der Waals surface area contributed by atoms with Gasteiger partial charge in [0.1, 0.15) is 24.0 Å². The number of nitrogens with zero attached hydrogens (tertiary/aromatic N) is 4. The van der Waals surface area contributed by atoms with Crippen LogP contribution in [0.1, 0.15) is 129 Å². The summed E-state index contributed by atoms with van der Waals surface area (Å²) in [5.74, 6) is 2.42. The average Bonchev–Trinajstić information content (AvgIpc) is 3.89. The van der Waals surface area contributed by atoms with E-state index in [1.165, 1.54) is 61.4 Å². The summed E-state index contributed by atoms with van der Waals surface area (Å²) >= 11 is 0. The molecule has 0 unspecified atom stereocenters. The lowest BCUT2D eigenvalue weighted by Crippen LogP contribution is -2.26. The van der Waals surface area contributed by atoms with Crippen LogP contribution >= 0.6 is 0 Å². The fourth-order valence-corrected chi connectivity index (χ4v) is 10.3. The van der Waals surface area contributed by atoms with Crippen molar-refractivity contribution < 1.29 is 4.74 Å². The molecule has 0 aliphatic carbocycles. The van der Waals surface area contributed by atoms with Gasteiger partial charge in [-0.15, -0.1) is 0 Å². The van der Waals surface area contributed by atoms with Crippen LogP contribution in [0.2, 0.25) is 0 Å². The molecule has 0 fully saturated rings. The van der Waals surface area contributed by atoms with Gasteiger partial charge in [0.15, 0.2) is 0 Å². The molecule has 10 rings (SSSR count). The van der Waals surface area contributed by atoms with E-state index in [1.54, 1.807) is 0 Å². The van der Waals surface area contributed by atoms with E-state index in [-0.39, 0.29) is 27.1 Å². The maximum absolute atomic E-state index is 7.19. The SMILES string of the molecule is CC(C)(C)c1cc(N2CN(c3cc(Oc4ccc5c6ccccc6n(-c6cc(C(C)(C)c7ccccc7)ccn6)c5c4)cc(C(C)(C)c4ccccc4)c3)c3cc(C(C)(C)C)ccc32)cc(C(C)(C)C)c1. The molecule has 0 saturated carbocycles. The standard InChI is InChI=1S/C66H70N4O/c1-62(2,3)46-28-31-58-60(39-46)69(43-68(58)51-35-48(63(4,5)6)34-49(36-51)64(7,8)9)52-37-50(66(12,13)45-24-18-15-19-25-45)38-54(41-52)71-53-29-30-56-55-26-20-21-27-57(55)70(59(56)42-53)61-40-47(32-33-67-61)65(10,11)44-22-16-14-17-23-44/h14-42H,43H2,1-13H3. The van der Waals surface area contributed by atoms with Gasteiger partial charge >= 0.3 is 0 Å². The van der Waals surface area contributed by atoms with Gasteiger partial charge in [-0.05, 0) is 122 Å². The highest BCUT2D eigenvalue weighted by atomic mass is 16.5. The monoisotopic (exact) mass is 935 g/mol. The Kier molecular flexibility index (Phi) is 11.6. The Morgan fingerprint density at radius 3 is 1.56 bits per heavy atom. The molecule has 5 nitrogen and oxygen atoms in total. The van der Waals surface area contributed by atoms with Crippen LogP contribution in [0.3, 0.4) is 0 Å². The zero-order valence-corrected chi connectivity index (χ0v) is 44.1. The van der Waals surface area contributed by atoms with Gasteiger partial charge in [0, 0.05) is 51.3 Å². The molecular weight excluding hydrogens is 865 g/mol. The lowest BCUT2D eigenvalue weighted by molar-refractivity contribution is 0.480. The van der Waals surface area contributed by atoms with E-state index in [0.717, 1.165) is 39.4 Å². The lowest BCUT2D eigenvalue weighted by Gasteiger charge is -2.30. The number of fused-ring (bicyclic) bond motifs is 4. The summed E-state index contributed by atoms with van der Waals surface area (Å²) in [6.07, 6.45) is 1.95.